The highest BCUT2D eigenvalue weighted by molar-refractivity contribution is 7.89. The second kappa shape index (κ2) is 7.56. The number of nitrogens with one attached hydrogen (secondary N) is 1. The number of urea groups is 1. The molecule has 0 spiro atoms. The summed E-state index contributed by atoms with van der Waals surface area (Å²) < 4.78 is 33.4. The molecule has 2 aromatic carbocycles. The summed E-state index contributed by atoms with van der Waals surface area (Å²) in [6, 6.07) is 14.2. The molecule has 0 radical (unpaired) electrons. The minimum atomic E-state index is -3.75. The van der Waals surface area contributed by atoms with E-state index in [0.29, 0.717) is 18.0 Å². The van der Waals surface area contributed by atoms with Gasteiger partial charge in [0, 0.05) is 18.3 Å². The van der Waals surface area contributed by atoms with Crippen molar-refractivity contribution < 1.29 is 17.9 Å². The van der Waals surface area contributed by atoms with Gasteiger partial charge in [0.05, 0.1) is 10.9 Å². The van der Waals surface area contributed by atoms with E-state index in [0.717, 1.165) is 0 Å². The summed E-state index contributed by atoms with van der Waals surface area (Å²) in [5, 5.41) is -0.321. The van der Waals surface area contributed by atoms with E-state index in [1.54, 1.807) is 12.1 Å². The number of hydrogen-bond donors (Lipinski definition) is 3. The van der Waals surface area contributed by atoms with E-state index in [2.05, 4.69) is 17.4 Å². The second-order valence-electron chi connectivity index (χ2n) is 5.92. The maximum atomic E-state index is 12.6. The number of primary amides is 1. The summed E-state index contributed by atoms with van der Waals surface area (Å²) in [6.45, 7) is 0.493. The summed E-state index contributed by atoms with van der Waals surface area (Å²) in [7, 11) is -3.75. The number of sulfonamides is 1. The first kappa shape index (κ1) is 18.6. The molecule has 0 aliphatic carbocycles. The molecule has 7 nitrogen and oxygen atoms in total. The molecule has 1 heterocycles. The van der Waals surface area contributed by atoms with Crippen LogP contribution in [0, 0.1) is 0 Å². The molecule has 0 bridgehead atoms. The lowest BCUT2D eigenvalue weighted by atomic mass is 10.3. The number of hydrogen-bond acceptors (Lipinski definition) is 5. The quantitative estimate of drug-likeness (QED) is 0.675. The molecular weight excluding hydrogens is 374 g/mol. The van der Waals surface area contributed by atoms with Crippen molar-refractivity contribution in [1.82, 2.24) is 9.62 Å². The van der Waals surface area contributed by atoms with Crippen molar-refractivity contribution in [2.75, 3.05) is 13.1 Å². The Morgan fingerprint density at radius 3 is 2.27 bits per heavy atom. The van der Waals surface area contributed by atoms with Crippen LogP contribution in [0.3, 0.4) is 0 Å². The van der Waals surface area contributed by atoms with Crippen molar-refractivity contribution in [3.8, 4) is 11.5 Å². The largest absolute Gasteiger partial charge is 0.457 e. The molecule has 1 saturated heterocycles. The smallest absolute Gasteiger partial charge is 0.314 e. The van der Waals surface area contributed by atoms with E-state index in [1.165, 1.54) is 17.0 Å². The average molecular weight is 393 g/mol. The lowest BCUT2D eigenvalue weighted by Crippen LogP contribution is -2.42. The number of rotatable bonds is 5. The van der Waals surface area contributed by atoms with Gasteiger partial charge in [0.2, 0.25) is 10.0 Å². The number of thiol groups is 1. The fourth-order valence-electron chi connectivity index (χ4n) is 2.66. The van der Waals surface area contributed by atoms with Crippen LogP contribution < -0.4 is 15.2 Å². The Hall–Kier alpha value is -2.23. The second-order valence-corrected chi connectivity index (χ2v) is 8.30. The molecule has 2 aromatic rings. The number of likely N-dealkylation sites (tertiary alicyclic amines) is 1. The van der Waals surface area contributed by atoms with E-state index >= 15 is 0 Å². The fourth-order valence-corrected chi connectivity index (χ4v) is 4.40. The van der Waals surface area contributed by atoms with Gasteiger partial charge in [-0.1, -0.05) is 18.2 Å². The van der Waals surface area contributed by atoms with Gasteiger partial charge in [-0.3, -0.25) is 0 Å². The number of carbonyl (C=O) groups is 1. The van der Waals surface area contributed by atoms with Crippen molar-refractivity contribution in [3.63, 3.8) is 0 Å². The molecule has 9 heteroatoms. The van der Waals surface area contributed by atoms with Crippen molar-refractivity contribution in [2.45, 2.75) is 16.2 Å². The zero-order valence-electron chi connectivity index (χ0n) is 13.8. The Morgan fingerprint density at radius 1 is 1.08 bits per heavy atom. The Bertz CT molecular complexity index is 873. The van der Waals surface area contributed by atoms with E-state index < -0.39 is 22.1 Å². The number of nitrogens with two attached hydrogens (primary N) is 1. The highest BCUT2D eigenvalue weighted by Gasteiger charge is 2.35. The number of amides is 2. The third kappa shape index (κ3) is 4.29. The van der Waals surface area contributed by atoms with Crippen molar-refractivity contribution in [1.29, 1.82) is 0 Å². The Balaban J connectivity index is 1.69. The zero-order chi connectivity index (χ0) is 18.7. The number of benzene rings is 2. The first-order valence-electron chi connectivity index (χ1n) is 7.93. The van der Waals surface area contributed by atoms with Gasteiger partial charge in [0.15, 0.2) is 0 Å². The highest BCUT2D eigenvalue weighted by Crippen LogP contribution is 2.23. The Labute approximate surface area is 157 Å². The first-order valence-corrected chi connectivity index (χ1v) is 9.93. The third-order valence-electron chi connectivity index (χ3n) is 4.02. The van der Waals surface area contributed by atoms with E-state index in [-0.39, 0.29) is 16.7 Å². The predicted octanol–water partition coefficient (Wildman–Crippen LogP) is 1.82. The standard InChI is InChI=1S/C17H19N3O4S2/c18-17(21)20-10-15(16(25)11-20)19-26(22,23)14-8-6-13(7-9-14)24-12-4-2-1-3-5-12/h1-9,15-16,19,25H,10-11H2,(H2,18,21)/t15-,16-/m0/s1. The van der Waals surface area contributed by atoms with E-state index in [9.17, 15) is 13.2 Å². The topological polar surface area (TPSA) is 102 Å². The van der Waals surface area contributed by atoms with Gasteiger partial charge >= 0.3 is 6.03 Å². The molecule has 26 heavy (non-hydrogen) atoms. The van der Waals surface area contributed by atoms with Crippen LogP contribution in [0.2, 0.25) is 0 Å². The number of ether oxygens (including phenoxy) is 1. The predicted molar refractivity (Wildman–Crippen MR) is 101 cm³/mol. The molecule has 138 valence electrons. The molecule has 2 amide bonds. The highest BCUT2D eigenvalue weighted by atomic mass is 32.2. The van der Waals surface area contributed by atoms with E-state index in [4.69, 9.17) is 10.5 Å². The summed E-state index contributed by atoms with van der Waals surface area (Å²) >= 11 is 4.34. The van der Waals surface area contributed by atoms with Crippen LogP contribution in [-0.2, 0) is 10.0 Å². The normalized spacial score (nSPS) is 20.1. The monoisotopic (exact) mass is 393 g/mol. The van der Waals surface area contributed by atoms with Gasteiger partial charge < -0.3 is 15.4 Å². The molecule has 0 aromatic heterocycles. The van der Waals surface area contributed by atoms with Crippen LogP contribution in [-0.4, -0.2) is 43.7 Å². The molecular formula is C17H19N3O4S2. The fraction of sp³-hybridized carbons (Fsp3) is 0.235. The molecule has 0 saturated carbocycles. The molecule has 2 atom stereocenters. The van der Waals surface area contributed by atoms with Gasteiger partial charge in [-0.2, -0.15) is 12.6 Å². The van der Waals surface area contributed by atoms with Crippen LogP contribution in [0.4, 0.5) is 4.79 Å². The van der Waals surface area contributed by atoms with Crippen molar-refractivity contribution >= 4 is 28.7 Å². The number of para-hydroxylation sites is 1. The Morgan fingerprint density at radius 2 is 1.69 bits per heavy atom. The first-order chi connectivity index (χ1) is 12.3. The molecule has 0 unspecified atom stereocenters. The van der Waals surface area contributed by atoms with Gasteiger partial charge in [0.25, 0.3) is 0 Å². The lowest BCUT2D eigenvalue weighted by molar-refractivity contribution is 0.218. The van der Waals surface area contributed by atoms with Gasteiger partial charge in [0.1, 0.15) is 11.5 Å². The lowest BCUT2D eigenvalue weighted by Gasteiger charge is -2.16. The van der Waals surface area contributed by atoms with Crippen LogP contribution in [0.5, 0.6) is 11.5 Å². The van der Waals surface area contributed by atoms with Crippen LogP contribution in [0.15, 0.2) is 59.5 Å². The van der Waals surface area contributed by atoms with Crippen LogP contribution >= 0.6 is 12.6 Å². The molecule has 1 fully saturated rings. The average Bonchev–Trinajstić information content (AvgIpc) is 2.97. The third-order valence-corrected chi connectivity index (χ3v) is 6.05. The maximum absolute atomic E-state index is 12.6. The van der Waals surface area contributed by atoms with Crippen LogP contribution in [0.1, 0.15) is 0 Å². The zero-order valence-corrected chi connectivity index (χ0v) is 15.5. The minimum absolute atomic E-state index is 0.107. The van der Waals surface area contributed by atoms with Crippen molar-refractivity contribution in [3.05, 3.63) is 54.6 Å². The maximum Gasteiger partial charge on any atom is 0.314 e. The van der Waals surface area contributed by atoms with Gasteiger partial charge in [-0.05, 0) is 36.4 Å². The number of nitrogens with zero attached hydrogens (tertiary/aromatic N) is 1. The minimum Gasteiger partial charge on any atom is -0.457 e. The van der Waals surface area contributed by atoms with Crippen LogP contribution in [0.25, 0.3) is 0 Å². The van der Waals surface area contributed by atoms with Crippen molar-refractivity contribution in [2.24, 2.45) is 5.73 Å². The number of carbonyl (C=O) groups excluding carboxylic acids is 1. The Kier molecular flexibility index (Phi) is 5.40. The molecule has 3 rings (SSSR count). The SMILES string of the molecule is NC(=O)N1C[C@H](NS(=O)(=O)c2ccc(Oc3ccccc3)cc2)[C@@H](S)C1. The molecule has 1 aliphatic heterocycles. The molecule has 1 aliphatic rings. The van der Waals surface area contributed by atoms with Gasteiger partial charge in [-0.15, -0.1) is 0 Å². The summed E-state index contributed by atoms with van der Waals surface area (Å²) in [5.74, 6) is 1.19. The summed E-state index contributed by atoms with van der Waals surface area (Å²) in [6.07, 6.45) is 0. The van der Waals surface area contributed by atoms with Gasteiger partial charge in [-0.25, -0.2) is 17.9 Å². The van der Waals surface area contributed by atoms with E-state index in [1.807, 2.05) is 30.3 Å². The summed E-state index contributed by atoms with van der Waals surface area (Å²) in [4.78, 5) is 12.7. The molecule has 3 N–H and O–H groups in total. The summed E-state index contributed by atoms with van der Waals surface area (Å²) in [5.41, 5.74) is 5.24.